The van der Waals surface area contributed by atoms with Gasteiger partial charge in [-0.15, -0.1) is 11.6 Å². The third kappa shape index (κ3) is 2.51. The second kappa shape index (κ2) is 5.65. The molecule has 0 aliphatic heterocycles. The summed E-state index contributed by atoms with van der Waals surface area (Å²) >= 11 is 7.19. The number of aryl methyl sites for hydroxylation is 2. The SMILES string of the molecule is CCCc1nn(C)c2c1nc(CCl)n2Cc1csc(=O)[nH]1. The van der Waals surface area contributed by atoms with Crippen LogP contribution in [-0.4, -0.2) is 24.3 Å². The van der Waals surface area contributed by atoms with Crippen molar-refractivity contribution in [3.05, 3.63) is 32.3 Å². The van der Waals surface area contributed by atoms with E-state index >= 15 is 0 Å². The van der Waals surface area contributed by atoms with Gasteiger partial charge < -0.3 is 9.55 Å². The number of halogens is 1. The van der Waals surface area contributed by atoms with E-state index in [9.17, 15) is 4.79 Å². The molecule has 0 radical (unpaired) electrons. The molecule has 3 aromatic heterocycles. The van der Waals surface area contributed by atoms with E-state index in [1.54, 1.807) is 0 Å². The van der Waals surface area contributed by atoms with Gasteiger partial charge in [0.1, 0.15) is 11.3 Å². The Balaban J connectivity index is 2.13. The molecule has 1 N–H and O–H groups in total. The van der Waals surface area contributed by atoms with Gasteiger partial charge in [-0.1, -0.05) is 24.7 Å². The zero-order chi connectivity index (χ0) is 15.0. The van der Waals surface area contributed by atoms with Crippen molar-refractivity contribution in [1.29, 1.82) is 0 Å². The van der Waals surface area contributed by atoms with Crippen molar-refractivity contribution in [2.75, 3.05) is 0 Å². The highest BCUT2D eigenvalue weighted by Crippen LogP contribution is 2.22. The summed E-state index contributed by atoms with van der Waals surface area (Å²) in [6.45, 7) is 2.67. The van der Waals surface area contributed by atoms with E-state index in [-0.39, 0.29) is 4.87 Å². The minimum Gasteiger partial charge on any atom is -0.315 e. The van der Waals surface area contributed by atoms with Gasteiger partial charge in [-0.05, 0) is 6.42 Å². The van der Waals surface area contributed by atoms with E-state index < -0.39 is 0 Å². The van der Waals surface area contributed by atoms with Crippen LogP contribution in [0, 0.1) is 0 Å². The van der Waals surface area contributed by atoms with Gasteiger partial charge in [-0.25, -0.2) is 4.98 Å². The molecule has 21 heavy (non-hydrogen) atoms. The van der Waals surface area contributed by atoms with Crippen molar-refractivity contribution >= 4 is 34.1 Å². The van der Waals surface area contributed by atoms with E-state index in [2.05, 4.69) is 22.0 Å². The normalized spacial score (nSPS) is 11.6. The Bertz CT molecular complexity index is 827. The Morgan fingerprint density at radius 1 is 1.48 bits per heavy atom. The molecule has 8 heteroatoms. The Hall–Kier alpha value is -1.60. The highest BCUT2D eigenvalue weighted by molar-refractivity contribution is 7.07. The Morgan fingerprint density at radius 3 is 2.90 bits per heavy atom. The first-order valence-corrected chi connectivity index (χ1v) is 8.19. The molecule has 0 atom stereocenters. The number of nitrogens with one attached hydrogen (secondary N) is 1. The fourth-order valence-electron chi connectivity index (χ4n) is 2.52. The van der Waals surface area contributed by atoms with Gasteiger partial charge in [-0.2, -0.15) is 5.10 Å². The number of aromatic amines is 1. The van der Waals surface area contributed by atoms with Gasteiger partial charge in [0.25, 0.3) is 0 Å². The van der Waals surface area contributed by atoms with Gasteiger partial charge in [0, 0.05) is 18.1 Å². The third-order valence-corrected chi connectivity index (χ3v) is 4.33. The maximum Gasteiger partial charge on any atom is 0.304 e. The first-order chi connectivity index (χ1) is 10.1. The summed E-state index contributed by atoms with van der Waals surface area (Å²) in [4.78, 5) is 18.7. The minimum atomic E-state index is -0.0505. The molecule has 0 bridgehead atoms. The summed E-state index contributed by atoms with van der Waals surface area (Å²) in [5.74, 6) is 1.12. The molecule has 3 heterocycles. The number of imidazole rings is 1. The first-order valence-electron chi connectivity index (χ1n) is 6.77. The molecule has 0 aliphatic carbocycles. The summed E-state index contributed by atoms with van der Waals surface area (Å²) in [6.07, 6.45) is 1.92. The number of nitrogens with zero attached hydrogens (tertiary/aromatic N) is 4. The maximum atomic E-state index is 11.3. The molecule has 0 saturated heterocycles. The molecule has 0 fully saturated rings. The number of alkyl halides is 1. The quantitative estimate of drug-likeness (QED) is 0.732. The van der Waals surface area contributed by atoms with Crippen LogP contribution in [0.4, 0.5) is 0 Å². The number of hydrogen-bond acceptors (Lipinski definition) is 4. The second-order valence-electron chi connectivity index (χ2n) is 4.91. The lowest BCUT2D eigenvalue weighted by Gasteiger charge is -2.06. The van der Waals surface area contributed by atoms with Crippen molar-refractivity contribution in [1.82, 2.24) is 24.3 Å². The molecule has 0 saturated carbocycles. The summed E-state index contributed by atoms with van der Waals surface area (Å²) in [6, 6.07) is 0. The van der Waals surface area contributed by atoms with E-state index in [1.165, 1.54) is 0 Å². The standard InChI is InChI=1S/C13H16ClN5OS/c1-3-4-9-11-12(18(2)17-9)19(10(5-14)16-11)6-8-7-21-13(20)15-8/h7H,3-6H2,1-2H3,(H,15,20). The summed E-state index contributed by atoms with van der Waals surface area (Å²) in [7, 11) is 1.91. The van der Waals surface area contributed by atoms with Crippen molar-refractivity contribution < 1.29 is 0 Å². The predicted molar refractivity (Wildman–Crippen MR) is 84.1 cm³/mol. The monoisotopic (exact) mass is 325 g/mol. The smallest absolute Gasteiger partial charge is 0.304 e. The summed E-state index contributed by atoms with van der Waals surface area (Å²) in [5.41, 5.74) is 3.71. The molecule has 3 aromatic rings. The number of fused-ring (bicyclic) bond motifs is 1. The summed E-state index contributed by atoms with van der Waals surface area (Å²) in [5, 5.41) is 6.37. The number of thiazole rings is 1. The lowest BCUT2D eigenvalue weighted by atomic mass is 10.2. The molecule has 112 valence electrons. The number of hydrogen-bond donors (Lipinski definition) is 1. The third-order valence-electron chi connectivity index (χ3n) is 3.38. The Morgan fingerprint density at radius 2 is 2.29 bits per heavy atom. The zero-order valence-electron chi connectivity index (χ0n) is 11.9. The summed E-state index contributed by atoms with van der Waals surface area (Å²) < 4.78 is 3.86. The van der Waals surface area contributed by atoms with Crippen LogP contribution in [0.3, 0.4) is 0 Å². The maximum absolute atomic E-state index is 11.3. The lowest BCUT2D eigenvalue weighted by molar-refractivity contribution is 0.687. The van der Waals surface area contributed by atoms with E-state index in [0.717, 1.165) is 52.6 Å². The molecule has 0 aliphatic rings. The van der Waals surface area contributed by atoms with Crippen LogP contribution in [0.2, 0.25) is 0 Å². The van der Waals surface area contributed by atoms with Crippen LogP contribution < -0.4 is 4.87 Å². The Labute approximate surface area is 130 Å². The highest BCUT2D eigenvalue weighted by Gasteiger charge is 2.18. The van der Waals surface area contributed by atoms with Crippen LogP contribution in [0.15, 0.2) is 10.2 Å². The zero-order valence-corrected chi connectivity index (χ0v) is 13.5. The molecular weight excluding hydrogens is 310 g/mol. The molecule has 3 rings (SSSR count). The van der Waals surface area contributed by atoms with E-state index in [4.69, 9.17) is 11.6 Å². The number of rotatable bonds is 5. The average molecular weight is 326 g/mol. The largest absolute Gasteiger partial charge is 0.315 e. The molecule has 0 unspecified atom stereocenters. The van der Waals surface area contributed by atoms with Crippen LogP contribution in [0.1, 0.15) is 30.6 Å². The van der Waals surface area contributed by atoms with Crippen molar-refractivity contribution in [2.24, 2.45) is 7.05 Å². The number of H-pyrrole nitrogens is 1. The molecule has 0 spiro atoms. The second-order valence-corrected chi connectivity index (χ2v) is 6.02. The molecule has 6 nitrogen and oxygen atoms in total. The van der Waals surface area contributed by atoms with E-state index in [0.29, 0.717) is 12.4 Å². The first kappa shape index (κ1) is 14.3. The van der Waals surface area contributed by atoms with Crippen LogP contribution in [0.5, 0.6) is 0 Å². The fourth-order valence-corrected chi connectivity index (χ4v) is 3.30. The average Bonchev–Trinajstić information content (AvgIpc) is 3.09. The molecular formula is C13H16ClN5OS. The lowest BCUT2D eigenvalue weighted by Crippen LogP contribution is -2.09. The van der Waals surface area contributed by atoms with Gasteiger partial charge >= 0.3 is 4.87 Å². The molecule has 0 amide bonds. The van der Waals surface area contributed by atoms with Crippen molar-refractivity contribution in [2.45, 2.75) is 32.2 Å². The van der Waals surface area contributed by atoms with Crippen LogP contribution in [0.25, 0.3) is 11.2 Å². The minimum absolute atomic E-state index is 0.0505. The van der Waals surface area contributed by atoms with Crippen LogP contribution >= 0.6 is 22.9 Å². The fraction of sp³-hybridized carbons (Fsp3) is 0.462. The van der Waals surface area contributed by atoms with Gasteiger partial charge in [-0.3, -0.25) is 9.48 Å². The number of aromatic nitrogens is 5. The Kier molecular flexibility index (Phi) is 3.86. The van der Waals surface area contributed by atoms with Gasteiger partial charge in [0.2, 0.25) is 0 Å². The van der Waals surface area contributed by atoms with Gasteiger partial charge in [0.15, 0.2) is 5.65 Å². The van der Waals surface area contributed by atoms with Crippen molar-refractivity contribution in [3.8, 4) is 0 Å². The molecule has 0 aromatic carbocycles. The topological polar surface area (TPSA) is 68.5 Å². The van der Waals surface area contributed by atoms with Crippen LogP contribution in [-0.2, 0) is 25.9 Å². The van der Waals surface area contributed by atoms with E-state index in [1.807, 2.05) is 21.7 Å². The van der Waals surface area contributed by atoms with Gasteiger partial charge in [0.05, 0.1) is 18.1 Å². The highest BCUT2D eigenvalue weighted by atomic mass is 35.5. The predicted octanol–water partition coefficient (Wildman–Crippen LogP) is 2.26. The van der Waals surface area contributed by atoms with Crippen molar-refractivity contribution in [3.63, 3.8) is 0 Å².